The maximum atomic E-state index is 11.9. The standard InChI is InChI=1S/C13H18N2O4S4/c1-21-9-7-11(17)15(13(9)19)3-5-23-22-4-2-14-10(16)6-8(20)12(14)18/h8-9,20H,2-7H2,1H3. The summed E-state index contributed by atoms with van der Waals surface area (Å²) in [5.41, 5.74) is 0. The second-order valence-corrected chi connectivity index (χ2v) is 9.43. The molecule has 0 saturated carbocycles. The molecule has 23 heavy (non-hydrogen) atoms. The van der Waals surface area contributed by atoms with Gasteiger partial charge in [-0.2, -0.15) is 24.4 Å². The van der Waals surface area contributed by atoms with Crippen molar-refractivity contribution < 1.29 is 19.2 Å². The van der Waals surface area contributed by atoms with Crippen LogP contribution in [-0.4, -0.2) is 74.8 Å². The number of nitrogens with zero attached hydrogens (tertiary/aromatic N) is 2. The Morgan fingerprint density at radius 2 is 1.48 bits per heavy atom. The summed E-state index contributed by atoms with van der Waals surface area (Å²) in [6.45, 7) is 0.787. The molecule has 0 aliphatic carbocycles. The zero-order valence-corrected chi connectivity index (χ0v) is 15.9. The van der Waals surface area contributed by atoms with Crippen LogP contribution in [0.15, 0.2) is 0 Å². The molecule has 0 aromatic heterocycles. The van der Waals surface area contributed by atoms with Gasteiger partial charge >= 0.3 is 0 Å². The Balaban J connectivity index is 1.61. The summed E-state index contributed by atoms with van der Waals surface area (Å²) in [6, 6.07) is 0. The van der Waals surface area contributed by atoms with Gasteiger partial charge in [-0.05, 0) is 6.26 Å². The predicted octanol–water partition coefficient (Wildman–Crippen LogP) is 0.916. The molecule has 2 saturated heterocycles. The smallest absolute Gasteiger partial charge is 0.242 e. The van der Waals surface area contributed by atoms with E-state index >= 15 is 0 Å². The largest absolute Gasteiger partial charge is 0.281 e. The highest BCUT2D eigenvalue weighted by Gasteiger charge is 2.37. The summed E-state index contributed by atoms with van der Waals surface area (Å²) in [7, 11) is 3.06. The maximum Gasteiger partial charge on any atom is 0.242 e. The Kier molecular flexibility index (Phi) is 7.18. The minimum Gasteiger partial charge on any atom is -0.281 e. The van der Waals surface area contributed by atoms with Crippen LogP contribution in [0.25, 0.3) is 0 Å². The molecule has 10 heteroatoms. The van der Waals surface area contributed by atoms with Gasteiger partial charge in [-0.15, -0.1) is 0 Å². The Labute approximate surface area is 152 Å². The fourth-order valence-corrected chi connectivity index (χ4v) is 5.19. The van der Waals surface area contributed by atoms with Gasteiger partial charge in [0.1, 0.15) is 0 Å². The Hall–Kier alpha value is -0.320. The molecule has 2 fully saturated rings. The van der Waals surface area contributed by atoms with Crippen LogP contribution < -0.4 is 0 Å². The molecule has 2 aliphatic rings. The summed E-state index contributed by atoms with van der Waals surface area (Å²) < 4.78 is 0. The number of hydrogen-bond acceptors (Lipinski definition) is 8. The highest BCUT2D eigenvalue weighted by atomic mass is 33.1. The quantitative estimate of drug-likeness (QED) is 0.284. The molecule has 6 nitrogen and oxygen atoms in total. The first-order chi connectivity index (χ1) is 11.0. The first kappa shape index (κ1) is 19.0. The van der Waals surface area contributed by atoms with Crippen molar-refractivity contribution in [3.63, 3.8) is 0 Å². The number of hydrogen-bond donors (Lipinski definition) is 1. The molecule has 0 bridgehead atoms. The van der Waals surface area contributed by atoms with Gasteiger partial charge in [0.2, 0.25) is 23.6 Å². The third kappa shape index (κ3) is 4.61. The van der Waals surface area contributed by atoms with Crippen molar-refractivity contribution in [2.45, 2.75) is 23.3 Å². The highest BCUT2D eigenvalue weighted by molar-refractivity contribution is 8.76. The van der Waals surface area contributed by atoms with Crippen LogP contribution in [0.1, 0.15) is 12.8 Å². The minimum absolute atomic E-state index is 0.0961. The van der Waals surface area contributed by atoms with Gasteiger partial charge in [-0.1, -0.05) is 21.6 Å². The molecule has 2 rings (SSSR count). The SMILES string of the molecule is CSC1CC(=O)N(CCSSCCN2C(=O)CC(S)C2=O)C1=O. The number of likely N-dealkylation sites (tertiary alicyclic amines) is 2. The predicted molar refractivity (Wildman–Crippen MR) is 97.7 cm³/mol. The van der Waals surface area contributed by atoms with Crippen LogP contribution in [0, 0.1) is 0 Å². The minimum atomic E-state index is -0.503. The first-order valence-electron chi connectivity index (χ1n) is 7.09. The van der Waals surface area contributed by atoms with Crippen molar-refractivity contribution in [3.8, 4) is 0 Å². The van der Waals surface area contributed by atoms with Gasteiger partial charge in [-0.3, -0.25) is 29.0 Å². The van der Waals surface area contributed by atoms with Crippen LogP contribution in [0.2, 0.25) is 0 Å². The molecular formula is C13H18N2O4S4. The average Bonchev–Trinajstić information content (AvgIpc) is 2.92. The average molecular weight is 395 g/mol. The molecule has 2 unspecified atom stereocenters. The molecule has 0 radical (unpaired) electrons. The van der Waals surface area contributed by atoms with Crippen molar-refractivity contribution in [2.24, 2.45) is 0 Å². The first-order valence-corrected chi connectivity index (χ1v) is 11.4. The topological polar surface area (TPSA) is 74.8 Å². The van der Waals surface area contributed by atoms with Crippen molar-refractivity contribution in [2.75, 3.05) is 30.9 Å². The second kappa shape index (κ2) is 8.68. The molecule has 2 heterocycles. The van der Waals surface area contributed by atoms with Crippen molar-refractivity contribution in [3.05, 3.63) is 0 Å². The second-order valence-electron chi connectivity index (χ2n) is 5.06. The van der Waals surface area contributed by atoms with Crippen molar-refractivity contribution >= 4 is 69.6 Å². The molecule has 4 amide bonds. The lowest BCUT2D eigenvalue weighted by Crippen LogP contribution is -2.33. The summed E-state index contributed by atoms with van der Waals surface area (Å²) in [4.78, 5) is 49.5. The molecule has 0 aromatic rings. The molecule has 0 spiro atoms. The number of carbonyl (C=O) groups excluding carboxylic acids is 4. The lowest BCUT2D eigenvalue weighted by atomic mass is 10.4. The van der Waals surface area contributed by atoms with Crippen LogP contribution >= 0.6 is 46.0 Å². The third-order valence-electron chi connectivity index (χ3n) is 3.59. The van der Waals surface area contributed by atoms with Crippen LogP contribution in [0.3, 0.4) is 0 Å². The van der Waals surface area contributed by atoms with Gasteiger partial charge in [0.05, 0.1) is 10.5 Å². The normalized spacial score (nSPS) is 25.1. The molecule has 2 aliphatic heterocycles. The van der Waals surface area contributed by atoms with E-state index in [0.29, 0.717) is 31.0 Å². The number of carbonyl (C=O) groups is 4. The van der Waals surface area contributed by atoms with E-state index in [4.69, 9.17) is 0 Å². The van der Waals surface area contributed by atoms with Gasteiger partial charge in [0, 0.05) is 37.4 Å². The highest BCUT2D eigenvalue weighted by Crippen LogP contribution is 2.26. The molecule has 128 valence electrons. The Bertz CT molecular complexity index is 516. The lowest BCUT2D eigenvalue weighted by molar-refractivity contribution is -0.139. The van der Waals surface area contributed by atoms with E-state index < -0.39 is 5.25 Å². The fraction of sp³-hybridized carbons (Fsp3) is 0.692. The maximum absolute atomic E-state index is 11.9. The van der Waals surface area contributed by atoms with Crippen LogP contribution in [0.4, 0.5) is 0 Å². The van der Waals surface area contributed by atoms with Gasteiger partial charge in [0.25, 0.3) is 0 Å². The number of imide groups is 2. The van der Waals surface area contributed by atoms with Gasteiger partial charge < -0.3 is 0 Å². The van der Waals surface area contributed by atoms with Gasteiger partial charge in [0.15, 0.2) is 0 Å². The van der Waals surface area contributed by atoms with E-state index in [2.05, 4.69) is 12.6 Å². The van der Waals surface area contributed by atoms with Crippen molar-refractivity contribution in [1.82, 2.24) is 9.80 Å². The summed E-state index contributed by atoms with van der Waals surface area (Å²) in [5, 5.41) is -0.738. The van der Waals surface area contributed by atoms with E-state index in [1.165, 1.54) is 43.1 Å². The van der Waals surface area contributed by atoms with Crippen molar-refractivity contribution in [1.29, 1.82) is 0 Å². The van der Waals surface area contributed by atoms with Crippen LogP contribution in [-0.2, 0) is 19.2 Å². The Morgan fingerprint density at radius 1 is 0.957 bits per heavy atom. The van der Waals surface area contributed by atoms with E-state index in [1.807, 2.05) is 6.26 Å². The fourth-order valence-electron chi connectivity index (χ4n) is 2.35. The zero-order chi connectivity index (χ0) is 17.0. The molecule has 0 N–H and O–H groups in total. The molecule has 0 aromatic carbocycles. The monoisotopic (exact) mass is 394 g/mol. The lowest BCUT2D eigenvalue weighted by Gasteiger charge is -2.15. The molecular weight excluding hydrogens is 376 g/mol. The Morgan fingerprint density at radius 3 is 1.91 bits per heavy atom. The number of thioether (sulfide) groups is 1. The number of amides is 4. The summed E-state index contributed by atoms with van der Waals surface area (Å²) in [6.07, 6.45) is 2.30. The van der Waals surface area contributed by atoms with Crippen LogP contribution in [0.5, 0.6) is 0 Å². The van der Waals surface area contributed by atoms with E-state index in [9.17, 15) is 19.2 Å². The van der Waals surface area contributed by atoms with E-state index in [-0.39, 0.29) is 35.3 Å². The number of rotatable bonds is 8. The zero-order valence-electron chi connectivity index (χ0n) is 12.6. The van der Waals surface area contributed by atoms with E-state index in [0.717, 1.165) is 0 Å². The summed E-state index contributed by atoms with van der Waals surface area (Å²) >= 11 is 5.48. The third-order valence-corrected chi connectivity index (χ3v) is 7.29. The molecule has 2 atom stereocenters. The van der Waals surface area contributed by atoms with Gasteiger partial charge in [-0.25, -0.2) is 0 Å². The van der Waals surface area contributed by atoms with E-state index in [1.54, 1.807) is 0 Å². The summed E-state index contributed by atoms with van der Waals surface area (Å²) in [5.74, 6) is 0.671. The number of thiol groups is 1.